The van der Waals surface area contributed by atoms with Crippen molar-refractivity contribution in [2.45, 2.75) is 18.9 Å². The van der Waals surface area contributed by atoms with E-state index in [9.17, 15) is 5.11 Å². The van der Waals surface area contributed by atoms with Crippen LogP contribution in [0.5, 0.6) is 5.75 Å². The van der Waals surface area contributed by atoms with Crippen LogP contribution in [0.2, 0.25) is 5.02 Å². The minimum Gasteiger partial charge on any atom is -0.495 e. The molecule has 0 radical (unpaired) electrons. The quantitative estimate of drug-likeness (QED) is 0.897. The average Bonchev–Trinajstić information content (AvgIpc) is 2.81. The van der Waals surface area contributed by atoms with Crippen molar-refractivity contribution in [3.05, 3.63) is 28.8 Å². The molecule has 0 bridgehead atoms. The lowest BCUT2D eigenvalue weighted by Gasteiger charge is -2.20. The summed E-state index contributed by atoms with van der Waals surface area (Å²) in [5.74, 6) is 0.642. The summed E-state index contributed by atoms with van der Waals surface area (Å²) in [6.07, 6.45) is 1.99. The lowest BCUT2D eigenvalue weighted by molar-refractivity contribution is 0.126. The smallest absolute Gasteiger partial charge is 0.137 e. The summed E-state index contributed by atoms with van der Waals surface area (Å²) in [6, 6.07) is 5.44. The van der Waals surface area contributed by atoms with Crippen LogP contribution in [0.3, 0.4) is 0 Å². The first-order chi connectivity index (χ1) is 8.20. The fourth-order valence-electron chi connectivity index (χ4n) is 2.21. The van der Waals surface area contributed by atoms with Gasteiger partial charge in [-0.1, -0.05) is 17.7 Å². The highest BCUT2D eigenvalue weighted by atomic mass is 35.5. The number of β-amino-alcohol motifs (C(OH)–C–C–N with tert-alkyl or cyclic N) is 1. The molecule has 1 aromatic carbocycles. The molecule has 94 valence electrons. The molecule has 1 heterocycles. The predicted molar refractivity (Wildman–Crippen MR) is 68.6 cm³/mol. The Kier molecular flexibility index (Phi) is 4.26. The number of likely N-dealkylation sites (tertiary alicyclic amines) is 1. The summed E-state index contributed by atoms with van der Waals surface area (Å²) >= 11 is 6.04. The average molecular weight is 256 g/mol. The second-order valence-electron chi connectivity index (χ2n) is 4.42. The van der Waals surface area contributed by atoms with Crippen molar-refractivity contribution in [2.24, 2.45) is 0 Å². The van der Waals surface area contributed by atoms with Crippen molar-refractivity contribution in [1.29, 1.82) is 0 Å². The van der Waals surface area contributed by atoms with E-state index >= 15 is 0 Å². The fraction of sp³-hybridized carbons (Fsp3) is 0.538. The second-order valence-corrected chi connectivity index (χ2v) is 4.82. The molecule has 1 saturated heterocycles. The number of aliphatic hydroxyl groups is 1. The van der Waals surface area contributed by atoms with Gasteiger partial charge in [-0.25, -0.2) is 0 Å². The van der Waals surface area contributed by atoms with E-state index < -0.39 is 6.10 Å². The summed E-state index contributed by atoms with van der Waals surface area (Å²) in [6.45, 7) is 2.85. The molecule has 17 heavy (non-hydrogen) atoms. The van der Waals surface area contributed by atoms with E-state index in [2.05, 4.69) is 4.90 Å². The molecule has 0 saturated carbocycles. The Labute approximate surface area is 107 Å². The molecule has 3 nitrogen and oxygen atoms in total. The molecule has 1 aliphatic rings. The van der Waals surface area contributed by atoms with Crippen LogP contribution in [0.15, 0.2) is 18.2 Å². The predicted octanol–water partition coefficient (Wildman–Crippen LogP) is 2.48. The third-order valence-corrected chi connectivity index (χ3v) is 3.49. The first kappa shape index (κ1) is 12.7. The summed E-state index contributed by atoms with van der Waals surface area (Å²) in [7, 11) is 1.58. The number of rotatable bonds is 4. The Bertz CT molecular complexity index is 378. The van der Waals surface area contributed by atoms with Gasteiger partial charge in [0.25, 0.3) is 0 Å². The third kappa shape index (κ3) is 3.12. The monoisotopic (exact) mass is 255 g/mol. The molecule has 0 spiro atoms. The van der Waals surface area contributed by atoms with E-state index in [4.69, 9.17) is 16.3 Å². The topological polar surface area (TPSA) is 32.7 Å². The van der Waals surface area contributed by atoms with Crippen molar-refractivity contribution < 1.29 is 9.84 Å². The molecule has 1 unspecified atom stereocenters. The van der Waals surface area contributed by atoms with Crippen molar-refractivity contribution in [1.82, 2.24) is 4.90 Å². The maximum atomic E-state index is 10.1. The molecular formula is C13H18ClNO2. The molecule has 1 atom stereocenters. The van der Waals surface area contributed by atoms with E-state index in [1.54, 1.807) is 19.2 Å². The number of aliphatic hydroxyl groups excluding tert-OH is 1. The van der Waals surface area contributed by atoms with Gasteiger partial charge in [-0.15, -0.1) is 0 Å². The minimum atomic E-state index is -0.475. The molecule has 2 rings (SSSR count). The van der Waals surface area contributed by atoms with Crippen LogP contribution in [0, 0.1) is 0 Å². The van der Waals surface area contributed by atoms with E-state index in [1.165, 1.54) is 12.8 Å². The molecule has 0 amide bonds. The number of benzene rings is 1. The lowest BCUT2D eigenvalue weighted by atomic mass is 10.1. The number of methoxy groups -OCH3 is 1. The summed E-state index contributed by atoms with van der Waals surface area (Å²) in [5, 5.41) is 10.7. The van der Waals surface area contributed by atoms with Gasteiger partial charge in [-0.05, 0) is 43.6 Å². The van der Waals surface area contributed by atoms with Gasteiger partial charge in [0, 0.05) is 6.54 Å². The van der Waals surface area contributed by atoms with E-state index in [1.807, 2.05) is 6.07 Å². The highest BCUT2D eigenvalue weighted by molar-refractivity contribution is 6.32. The molecule has 1 N–H and O–H groups in total. The molecule has 1 aromatic rings. The molecule has 0 aromatic heterocycles. The second kappa shape index (κ2) is 5.71. The zero-order valence-corrected chi connectivity index (χ0v) is 10.8. The van der Waals surface area contributed by atoms with Crippen molar-refractivity contribution in [3.8, 4) is 5.75 Å². The number of hydrogen-bond acceptors (Lipinski definition) is 3. The minimum absolute atomic E-state index is 0.475. The van der Waals surface area contributed by atoms with Crippen molar-refractivity contribution in [2.75, 3.05) is 26.7 Å². The largest absolute Gasteiger partial charge is 0.495 e. The maximum Gasteiger partial charge on any atom is 0.137 e. The van der Waals surface area contributed by atoms with Gasteiger partial charge in [0.1, 0.15) is 5.75 Å². The highest BCUT2D eigenvalue weighted by Gasteiger charge is 2.17. The molecule has 0 aliphatic carbocycles. The van der Waals surface area contributed by atoms with Crippen LogP contribution in [-0.2, 0) is 0 Å². The van der Waals surface area contributed by atoms with Crippen LogP contribution < -0.4 is 4.74 Å². The Morgan fingerprint density at radius 1 is 1.41 bits per heavy atom. The molecule has 1 fully saturated rings. The Morgan fingerprint density at radius 3 is 2.71 bits per heavy atom. The van der Waals surface area contributed by atoms with Gasteiger partial charge in [0.2, 0.25) is 0 Å². The standard InChI is InChI=1S/C13H18ClNO2/c1-17-13-5-4-10(8-11(13)14)12(16)9-15-6-2-3-7-15/h4-5,8,12,16H,2-3,6-7,9H2,1H3. The number of ether oxygens (including phenoxy) is 1. The zero-order valence-electron chi connectivity index (χ0n) is 10.0. The number of halogens is 1. The summed E-state index contributed by atoms with van der Waals surface area (Å²) < 4.78 is 5.09. The van der Waals surface area contributed by atoms with Crippen LogP contribution in [0.4, 0.5) is 0 Å². The fourth-order valence-corrected chi connectivity index (χ4v) is 2.47. The van der Waals surface area contributed by atoms with Gasteiger partial charge < -0.3 is 14.7 Å². The zero-order chi connectivity index (χ0) is 12.3. The van der Waals surface area contributed by atoms with Gasteiger partial charge >= 0.3 is 0 Å². The molecule has 1 aliphatic heterocycles. The summed E-state index contributed by atoms with van der Waals surface area (Å²) in [5.41, 5.74) is 0.850. The first-order valence-corrected chi connectivity index (χ1v) is 6.32. The highest BCUT2D eigenvalue weighted by Crippen LogP contribution is 2.28. The Morgan fingerprint density at radius 2 is 2.12 bits per heavy atom. The van der Waals surface area contributed by atoms with Crippen LogP contribution in [0.25, 0.3) is 0 Å². The van der Waals surface area contributed by atoms with E-state index in [0.29, 0.717) is 17.3 Å². The lowest BCUT2D eigenvalue weighted by Crippen LogP contribution is -2.25. The van der Waals surface area contributed by atoms with E-state index in [0.717, 1.165) is 18.7 Å². The van der Waals surface area contributed by atoms with Crippen molar-refractivity contribution >= 4 is 11.6 Å². The SMILES string of the molecule is COc1ccc(C(O)CN2CCCC2)cc1Cl. The molecule has 4 heteroatoms. The van der Waals surface area contributed by atoms with Crippen molar-refractivity contribution in [3.63, 3.8) is 0 Å². The van der Waals surface area contributed by atoms with Crippen LogP contribution in [-0.4, -0.2) is 36.8 Å². The number of nitrogens with zero attached hydrogens (tertiary/aromatic N) is 1. The van der Waals surface area contributed by atoms with Gasteiger partial charge in [0.05, 0.1) is 18.2 Å². The van der Waals surface area contributed by atoms with Gasteiger partial charge in [-0.2, -0.15) is 0 Å². The van der Waals surface area contributed by atoms with Gasteiger partial charge in [-0.3, -0.25) is 0 Å². The molecular weight excluding hydrogens is 238 g/mol. The summed E-state index contributed by atoms with van der Waals surface area (Å²) in [4.78, 5) is 2.28. The van der Waals surface area contributed by atoms with Crippen LogP contribution >= 0.6 is 11.6 Å². The number of hydrogen-bond donors (Lipinski definition) is 1. The first-order valence-electron chi connectivity index (χ1n) is 5.94. The van der Waals surface area contributed by atoms with Gasteiger partial charge in [0.15, 0.2) is 0 Å². The Balaban J connectivity index is 2.02. The van der Waals surface area contributed by atoms with Crippen LogP contribution in [0.1, 0.15) is 24.5 Å². The third-order valence-electron chi connectivity index (χ3n) is 3.19. The van der Waals surface area contributed by atoms with E-state index in [-0.39, 0.29) is 0 Å². The maximum absolute atomic E-state index is 10.1. The Hall–Kier alpha value is -0.770. The normalized spacial score (nSPS) is 18.3.